The molecule has 0 bridgehead atoms. The number of sulfonamides is 1. The maximum absolute atomic E-state index is 12.1. The van der Waals surface area contributed by atoms with Gasteiger partial charge in [-0.2, -0.15) is 0 Å². The van der Waals surface area contributed by atoms with E-state index >= 15 is 0 Å². The van der Waals surface area contributed by atoms with Crippen LogP contribution in [0, 0.1) is 6.92 Å². The first-order valence-corrected chi connectivity index (χ1v) is 7.92. The minimum absolute atomic E-state index is 0.0841. The summed E-state index contributed by atoms with van der Waals surface area (Å²) in [7, 11) is -3.74. The SMILES string of the molecule is Cc1sc(Br)cc1S(=O)(=O)Nc1ncccc1O. The zero-order valence-corrected chi connectivity index (χ0v) is 12.4. The number of pyridine rings is 1. The van der Waals surface area contributed by atoms with Gasteiger partial charge in [-0.25, -0.2) is 13.4 Å². The quantitative estimate of drug-likeness (QED) is 0.893. The number of rotatable bonds is 3. The summed E-state index contributed by atoms with van der Waals surface area (Å²) in [5.41, 5.74) is 0. The largest absolute Gasteiger partial charge is 0.504 e. The minimum atomic E-state index is -3.74. The summed E-state index contributed by atoms with van der Waals surface area (Å²) < 4.78 is 27.2. The maximum atomic E-state index is 12.1. The Bertz CT molecular complexity index is 682. The molecule has 0 saturated carbocycles. The predicted octanol–water partition coefficient (Wildman–Crippen LogP) is 2.72. The zero-order chi connectivity index (χ0) is 13.3. The van der Waals surface area contributed by atoms with Crippen molar-refractivity contribution in [2.24, 2.45) is 0 Å². The Balaban J connectivity index is 2.40. The second kappa shape index (κ2) is 4.87. The van der Waals surface area contributed by atoms with E-state index in [1.165, 1.54) is 35.7 Å². The Morgan fingerprint density at radius 3 is 2.78 bits per heavy atom. The van der Waals surface area contributed by atoms with Crippen molar-refractivity contribution >= 4 is 43.1 Å². The Hall–Kier alpha value is -1.12. The van der Waals surface area contributed by atoms with Crippen molar-refractivity contribution in [1.29, 1.82) is 0 Å². The number of halogens is 1. The number of hydrogen-bond donors (Lipinski definition) is 2. The number of nitrogens with zero attached hydrogens (tertiary/aromatic N) is 1. The fraction of sp³-hybridized carbons (Fsp3) is 0.100. The summed E-state index contributed by atoms with van der Waals surface area (Å²) in [6, 6.07) is 4.39. The number of aromatic nitrogens is 1. The molecular weight excluding hydrogens is 340 g/mol. The molecular formula is C10H9BrN2O3S2. The van der Waals surface area contributed by atoms with Gasteiger partial charge in [0.2, 0.25) is 0 Å². The first-order valence-electron chi connectivity index (χ1n) is 4.83. The van der Waals surface area contributed by atoms with Gasteiger partial charge in [0.05, 0.1) is 3.79 Å². The van der Waals surface area contributed by atoms with Crippen LogP contribution in [-0.4, -0.2) is 18.5 Å². The molecule has 2 aromatic rings. The molecule has 0 aliphatic rings. The van der Waals surface area contributed by atoms with Crippen molar-refractivity contribution < 1.29 is 13.5 Å². The van der Waals surface area contributed by atoms with E-state index in [0.29, 0.717) is 4.88 Å². The lowest BCUT2D eigenvalue weighted by atomic mass is 10.4. The van der Waals surface area contributed by atoms with E-state index in [-0.39, 0.29) is 16.5 Å². The van der Waals surface area contributed by atoms with E-state index in [2.05, 4.69) is 25.6 Å². The molecule has 2 heterocycles. The van der Waals surface area contributed by atoms with Crippen LogP contribution >= 0.6 is 27.3 Å². The van der Waals surface area contributed by atoms with Gasteiger partial charge in [-0.05, 0) is 41.1 Å². The average Bonchev–Trinajstić information content (AvgIpc) is 2.62. The molecule has 2 N–H and O–H groups in total. The molecule has 0 aromatic carbocycles. The van der Waals surface area contributed by atoms with Crippen LogP contribution in [0.5, 0.6) is 5.75 Å². The van der Waals surface area contributed by atoms with Gasteiger partial charge in [-0.1, -0.05) is 0 Å². The Morgan fingerprint density at radius 2 is 2.22 bits per heavy atom. The van der Waals surface area contributed by atoms with E-state index in [4.69, 9.17) is 0 Å². The van der Waals surface area contributed by atoms with Crippen molar-refractivity contribution in [3.05, 3.63) is 33.1 Å². The molecule has 0 saturated heterocycles. The van der Waals surface area contributed by atoms with Crippen molar-refractivity contribution in [1.82, 2.24) is 4.98 Å². The number of hydrogen-bond acceptors (Lipinski definition) is 5. The van der Waals surface area contributed by atoms with Crippen LogP contribution in [0.3, 0.4) is 0 Å². The van der Waals surface area contributed by atoms with Gasteiger partial charge in [0.25, 0.3) is 10.0 Å². The van der Waals surface area contributed by atoms with Crippen molar-refractivity contribution in [2.75, 3.05) is 4.72 Å². The molecule has 2 aromatic heterocycles. The molecule has 2 rings (SSSR count). The van der Waals surface area contributed by atoms with E-state index in [0.717, 1.165) is 3.79 Å². The predicted molar refractivity (Wildman–Crippen MR) is 73.5 cm³/mol. The summed E-state index contributed by atoms with van der Waals surface area (Å²) in [6.07, 6.45) is 1.40. The van der Waals surface area contributed by atoms with Crippen LogP contribution in [0.25, 0.3) is 0 Å². The fourth-order valence-corrected chi connectivity index (χ4v) is 4.79. The third-order valence-corrected chi connectivity index (χ3v) is 5.30. The Kier molecular flexibility index (Phi) is 3.60. The minimum Gasteiger partial charge on any atom is -0.504 e. The number of aryl methyl sites for hydroxylation is 1. The second-order valence-electron chi connectivity index (χ2n) is 3.45. The highest BCUT2D eigenvalue weighted by atomic mass is 79.9. The molecule has 96 valence electrons. The van der Waals surface area contributed by atoms with Gasteiger partial charge < -0.3 is 5.11 Å². The fourth-order valence-electron chi connectivity index (χ4n) is 1.36. The molecule has 0 radical (unpaired) electrons. The number of nitrogens with one attached hydrogen (secondary N) is 1. The highest BCUT2D eigenvalue weighted by molar-refractivity contribution is 9.11. The maximum Gasteiger partial charge on any atom is 0.264 e. The van der Waals surface area contributed by atoms with E-state index < -0.39 is 10.0 Å². The van der Waals surface area contributed by atoms with Crippen molar-refractivity contribution in [2.45, 2.75) is 11.8 Å². The normalized spacial score (nSPS) is 11.4. The van der Waals surface area contributed by atoms with E-state index in [9.17, 15) is 13.5 Å². The highest BCUT2D eigenvalue weighted by Gasteiger charge is 2.21. The third kappa shape index (κ3) is 2.65. The lowest BCUT2D eigenvalue weighted by Gasteiger charge is -2.07. The topological polar surface area (TPSA) is 79.3 Å². The van der Waals surface area contributed by atoms with Crippen LogP contribution in [-0.2, 0) is 10.0 Å². The molecule has 0 fully saturated rings. The highest BCUT2D eigenvalue weighted by Crippen LogP contribution is 2.31. The smallest absolute Gasteiger partial charge is 0.264 e. The monoisotopic (exact) mass is 348 g/mol. The van der Waals surface area contributed by atoms with Gasteiger partial charge in [0, 0.05) is 11.1 Å². The van der Waals surface area contributed by atoms with E-state index in [1.54, 1.807) is 6.92 Å². The van der Waals surface area contributed by atoms with Crippen LogP contribution < -0.4 is 4.72 Å². The van der Waals surface area contributed by atoms with Crippen LogP contribution in [0.2, 0.25) is 0 Å². The van der Waals surface area contributed by atoms with Crippen LogP contribution in [0.15, 0.2) is 33.1 Å². The number of aromatic hydroxyl groups is 1. The first-order chi connectivity index (χ1) is 8.40. The molecule has 0 spiro atoms. The first kappa shape index (κ1) is 13.3. The lowest BCUT2D eigenvalue weighted by molar-refractivity contribution is 0.475. The standard InChI is InChI=1S/C10H9BrN2O3S2/c1-6-8(5-9(11)17-6)18(15,16)13-10-7(14)3-2-4-12-10/h2-5,14H,1H3,(H,12,13). The molecule has 0 atom stereocenters. The van der Waals surface area contributed by atoms with Crippen LogP contribution in [0.1, 0.15) is 4.88 Å². The lowest BCUT2D eigenvalue weighted by Crippen LogP contribution is -2.14. The summed E-state index contributed by atoms with van der Waals surface area (Å²) in [5, 5.41) is 9.50. The Labute approximate surface area is 117 Å². The van der Waals surface area contributed by atoms with Gasteiger partial charge in [0.1, 0.15) is 4.90 Å². The summed E-state index contributed by atoms with van der Waals surface area (Å²) in [4.78, 5) is 4.60. The summed E-state index contributed by atoms with van der Waals surface area (Å²) in [5.74, 6) is -0.299. The molecule has 0 amide bonds. The summed E-state index contributed by atoms with van der Waals surface area (Å²) >= 11 is 4.56. The number of thiophene rings is 1. The van der Waals surface area contributed by atoms with E-state index in [1.807, 2.05) is 0 Å². The molecule has 0 unspecified atom stereocenters. The molecule has 0 aliphatic carbocycles. The molecule has 8 heteroatoms. The van der Waals surface area contributed by atoms with Crippen molar-refractivity contribution in [3.8, 4) is 5.75 Å². The van der Waals surface area contributed by atoms with Gasteiger partial charge >= 0.3 is 0 Å². The van der Waals surface area contributed by atoms with Gasteiger partial charge in [-0.3, -0.25) is 4.72 Å². The van der Waals surface area contributed by atoms with Gasteiger partial charge in [0.15, 0.2) is 11.6 Å². The van der Waals surface area contributed by atoms with Gasteiger partial charge in [-0.15, -0.1) is 11.3 Å². The molecule has 5 nitrogen and oxygen atoms in total. The molecule has 18 heavy (non-hydrogen) atoms. The summed E-state index contributed by atoms with van der Waals surface area (Å²) in [6.45, 7) is 1.71. The Morgan fingerprint density at radius 1 is 1.50 bits per heavy atom. The third-order valence-electron chi connectivity index (χ3n) is 2.15. The zero-order valence-electron chi connectivity index (χ0n) is 9.21. The van der Waals surface area contributed by atoms with Crippen LogP contribution in [0.4, 0.5) is 5.82 Å². The average molecular weight is 349 g/mol. The number of anilines is 1. The second-order valence-corrected chi connectivity index (χ2v) is 7.73. The van der Waals surface area contributed by atoms with Crippen molar-refractivity contribution in [3.63, 3.8) is 0 Å². The molecule has 0 aliphatic heterocycles.